The van der Waals surface area contributed by atoms with Crippen LogP contribution in [0.3, 0.4) is 0 Å². The van der Waals surface area contributed by atoms with Crippen molar-refractivity contribution in [1.82, 2.24) is 5.16 Å². The summed E-state index contributed by atoms with van der Waals surface area (Å²) in [4.78, 5) is 5.10. The molecule has 1 fully saturated rings. The van der Waals surface area contributed by atoms with E-state index in [0.29, 0.717) is 0 Å². The molecule has 1 aliphatic heterocycles. The molecule has 25 heavy (non-hydrogen) atoms. The van der Waals surface area contributed by atoms with Crippen LogP contribution in [0.1, 0.15) is 5.69 Å². The van der Waals surface area contributed by atoms with Gasteiger partial charge in [-0.25, -0.2) is 0 Å². The van der Waals surface area contributed by atoms with Gasteiger partial charge >= 0.3 is 0 Å². The minimum Gasteiger partial charge on any atom is -0.497 e. The summed E-state index contributed by atoms with van der Waals surface area (Å²) in [5.41, 5.74) is 2.27. The van der Waals surface area contributed by atoms with E-state index < -0.39 is 0 Å². The van der Waals surface area contributed by atoms with Gasteiger partial charge in [0.2, 0.25) is 0 Å². The van der Waals surface area contributed by atoms with Gasteiger partial charge in [0.25, 0.3) is 0 Å². The van der Waals surface area contributed by atoms with Gasteiger partial charge in [0.05, 0.1) is 38.2 Å². The van der Waals surface area contributed by atoms with E-state index in [1.807, 2.05) is 12.1 Å². The molecule has 3 aromatic rings. The molecule has 4 rings (SSSR count). The van der Waals surface area contributed by atoms with Gasteiger partial charge in [0.15, 0.2) is 5.76 Å². The zero-order valence-corrected chi connectivity index (χ0v) is 15.1. The summed E-state index contributed by atoms with van der Waals surface area (Å²) in [5, 5.41) is 6.30. The number of quaternary nitrogens is 1. The summed E-state index contributed by atoms with van der Waals surface area (Å²) in [7, 11) is 1.71. The van der Waals surface area contributed by atoms with Crippen LogP contribution in [0.4, 0.5) is 5.69 Å². The van der Waals surface area contributed by atoms with Crippen molar-refractivity contribution >= 4 is 17.0 Å². The Bertz CT molecular complexity index is 808. The highest BCUT2D eigenvalue weighted by Gasteiger charge is 2.22. The molecule has 0 atom stereocenters. The number of thiophene rings is 1. The number of hydrogen-bond donors (Lipinski definition) is 1. The third-order valence-corrected chi connectivity index (χ3v) is 5.53. The highest BCUT2D eigenvalue weighted by atomic mass is 32.1. The third-order valence-electron chi connectivity index (χ3n) is 4.64. The van der Waals surface area contributed by atoms with Crippen molar-refractivity contribution in [3.05, 3.63) is 53.5 Å². The van der Waals surface area contributed by atoms with Crippen LogP contribution >= 0.6 is 11.3 Å². The number of aromatic nitrogens is 1. The second-order valence-corrected chi connectivity index (χ2v) is 7.22. The largest absolute Gasteiger partial charge is 0.497 e. The Morgan fingerprint density at radius 3 is 2.84 bits per heavy atom. The smallest absolute Gasteiger partial charge is 0.177 e. The molecule has 0 unspecified atom stereocenters. The first-order chi connectivity index (χ1) is 12.3. The molecule has 0 radical (unpaired) electrons. The monoisotopic (exact) mass is 356 g/mol. The fourth-order valence-electron chi connectivity index (χ4n) is 3.25. The van der Waals surface area contributed by atoms with Gasteiger partial charge in [0, 0.05) is 17.8 Å². The molecule has 0 bridgehead atoms. The van der Waals surface area contributed by atoms with Crippen LogP contribution in [0.25, 0.3) is 10.6 Å². The highest BCUT2D eigenvalue weighted by molar-refractivity contribution is 7.13. The molecule has 1 N–H and O–H groups in total. The number of anilines is 1. The Kier molecular flexibility index (Phi) is 4.72. The van der Waals surface area contributed by atoms with E-state index in [0.717, 1.165) is 54.8 Å². The number of methoxy groups -OCH3 is 1. The number of nitrogens with one attached hydrogen (secondary N) is 1. The summed E-state index contributed by atoms with van der Waals surface area (Å²) >= 11 is 1.68. The standard InChI is InChI=1S/C19H21N3O2S/c1-23-17-5-2-4-16(13-17)22-9-7-21(8-10-22)14-15-12-18(24-20-15)19-6-3-11-25-19/h2-6,11-13H,7-10,14H2,1H3/p+1. The van der Waals surface area contributed by atoms with Gasteiger partial charge in [0.1, 0.15) is 18.0 Å². The van der Waals surface area contributed by atoms with Gasteiger partial charge < -0.3 is 19.1 Å². The third kappa shape index (κ3) is 3.70. The van der Waals surface area contributed by atoms with Crippen LogP contribution in [-0.4, -0.2) is 38.4 Å². The first-order valence-corrected chi connectivity index (χ1v) is 9.42. The maximum Gasteiger partial charge on any atom is 0.177 e. The number of piperazine rings is 1. The van der Waals surface area contributed by atoms with Crippen LogP contribution in [0, 0.1) is 0 Å². The van der Waals surface area contributed by atoms with E-state index in [1.54, 1.807) is 23.3 Å². The average Bonchev–Trinajstić information content (AvgIpc) is 3.34. The summed E-state index contributed by atoms with van der Waals surface area (Å²) in [5.74, 6) is 1.79. The number of benzene rings is 1. The maximum absolute atomic E-state index is 5.49. The lowest BCUT2D eigenvalue weighted by atomic mass is 10.2. The molecule has 1 saturated heterocycles. The predicted molar refractivity (Wildman–Crippen MR) is 99.4 cm³/mol. The van der Waals surface area contributed by atoms with Gasteiger partial charge in [-0.2, -0.15) is 0 Å². The van der Waals surface area contributed by atoms with Crippen molar-refractivity contribution in [2.24, 2.45) is 0 Å². The van der Waals surface area contributed by atoms with Crippen LogP contribution in [0.5, 0.6) is 5.75 Å². The molecule has 6 heteroatoms. The molecule has 1 aromatic carbocycles. The predicted octanol–water partition coefficient (Wildman–Crippen LogP) is 2.32. The van der Waals surface area contributed by atoms with Gasteiger partial charge in [-0.15, -0.1) is 11.3 Å². The Morgan fingerprint density at radius 1 is 1.20 bits per heavy atom. The van der Waals surface area contributed by atoms with Crippen LogP contribution in [-0.2, 0) is 6.54 Å². The number of hydrogen-bond acceptors (Lipinski definition) is 5. The van der Waals surface area contributed by atoms with Gasteiger partial charge in [-0.1, -0.05) is 17.3 Å². The van der Waals surface area contributed by atoms with Crippen LogP contribution < -0.4 is 14.5 Å². The SMILES string of the molecule is COc1cccc(N2CC[NH+](Cc3cc(-c4cccs4)on3)CC2)c1. The Labute approximate surface area is 151 Å². The second-order valence-electron chi connectivity index (χ2n) is 6.28. The first kappa shape index (κ1) is 16.2. The molecule has 5 nitrogen and oxygen atoms in total. The highest BCUT2D eigenvalue weighted by Crippen LogP contribution is 2.25. The molecule has 130 valence electrons. The van der Waals surface area contributed by atoms with Crippen LogP contribution in [0.15, 0.2) is 52.4 Å². The molecular weight excluding hydrogens is 334 g/mol. The van der Waals surface area contributed by atoms with E-state index in [1.165, 1.54) is 5.69 Å². The fraction of sp³-hybridized carbons (Fsp3) is 0.316. The molecule has 0 aliphatic carbocycles. The van der Waals surface area contributed by atoms with Gasteiger partial charge in [-0.3, -0.25) is 0 Å². The van der Waals surface area contributed by atoms with E-state index in [9.17, 15) is 0 Å². The Hall–Kier alpha value is -2.31. The molecule has 2 aromatic heterocycles. The second kappa shape index (κ2) is 7.29. The van der Waals surface area contributed by atoms with Gasteiger partial charge in [-0.05, 0) is 23.6 Å². The minimum atomic E-state index is 0.874. The zero-order valence-electron chi connectivity index (χ0n) is 14.3. The fourth-order valence-corrected chi connectivity index (χ4v) is 3.92. The normalized spacial score (nSPS) is 15.5. The lowest BCUT2D eigenvalue weighted by molar-refractivity contribution is -0.914. The maximum atomic E-state index is 5.49. The minimum absolute atomic E-state index is 0.874. The van der Waals surface area contributed by atoms with Crippen molar-refractivity contribution in [2.75, 3.05) is 38.2 Å². The summed E-state index contributed by atoms with van der Waals surface area (Å²) in [6, 6.07) is 14.5. The molecule has 0 saturated carbocycles. The topological polar surface area (TPSA) is 42.9 Å². The number of nitrogens with zero attached hydrogens (tertiary/aromatic N) is 2. The zero-order chi connectivity index (χ0) is 17.1. The summed E-state index contributed by atoms with van der Waals surface area (Å²) in [6.07, 6.45) is 0. The lowest BCUT2D eigenvalue weighted by Crippen LogP contribution is -3.13. The Morgan fingerprint density at radius 2 is 2.08 bits per heavy atom. The summed E-state index contributed by atoms with van der Waals surface area (Å²) in [6.45, 7) is 5.19. The molecular formula is C19H22N3O2S+. The number of ether oxygens (including phenoxy) is 1. The van der Waals surface area contributed by atoms with E-state index in [-0.39, 0.29) is 0 Å². The van der Waals surface area contributed by atoms with Crippen molar-refractivity contribution in [3.8, 4) is 16.4 Å². The average molecular weight is 356 g/mol. The summed E-state index contributed by atoms with van der Waals surface area (Å²) < 4.78 is 10.8. The molecule has 3 heterocycles. The van der Waals surface area contributed by atoms with Crippen molar-refractivity contribution in [2.45, 2.75) is 6.54 Å². The van der Waals surface area contributed by atoms with E-state index >= 15 is 0 Å². The molecule has 1 aliphatic rings. The lowest BCUT2D eigenvalue weighted by Gasteiger charge is -2.33. The van der Waals surface area contributed by atoms with E-state index in [4.69, 9.17) is 9.26 Å². The quantitative estimate of drug-likeness (QED) is 0.762. The first-order valence-electron chi connectivity index (χ1n) is 8.54. The Balaban J connectivity index is 1.34. The van der Waals surface area contributed by atoms with Crippen LogP contribution in [0.2, 0.25) is 0 Å². The number of rotatable bonds is 5. The van der Waals surface area contributed by atoms with Crippen molar-refractivity contribution in [3.63, 3.8) is 0 Å². The van der Waals surface area contributed by atoms with E-state index in [2.05, 4.69) is 45.8 Å². The van der Waals surface area contributed by atoms with Crippen molar-refractivity contribution < 1.29 is 14.2 Å². The molecule has 0 amide bonds. The molecule has 0 spiro atoms. The van der Waals surface area contributed by atoms with Crippen molar-refractivity contribution in [1.29, 1.82) is 0 Å².